The average Bonchev–Trinajstić information content (AvgIpc) is 2.35. The summed E-state index contributed by atoms with van der Waals surface area (Å²) >= 11 is 0. The fourth-order valence-electron chi connectivity index (χ4n) is 1.29. The van der Waals surface area contributed by atoms with Gasteiger partial charge in [-0.05, 0) is 0 Å². The van der Waals surface area contributed by atoms with Gasteiger partial charge in [-0.2, -0.15) is 0 Å². The minimum Gasteiger partial charge on any atom is -0.476 e. The molecular weight excluding hydrogens is 248 g/mol. The molecule has 0 aliphatic rings. The molecule has 1 aromatic rings. The minimum atomic E-state index is -1.15. The number of nitrogens with zero attached hydrogens (tertiary/aromatic N) is 3. The molecule has 0 aliphatic heterocycles. The van der Waals surface area contributed by atoms with E-state index >= 15 is 0 Å². The van der Waals surface area contributed by atoms with Crippen molar-refractivity contribution in [3.8, 4) is 0 Å². The van der Waals surface area contributed by atoms with Crippen molar-refractivity contribution in [2.24, 2.45) is 0 Å². The van der Waals surface area contributed by atoms with E-state index in [0.717, 1.165) is 0 Å². The molecule has 0 spiro atoms. The first kappa shape index (κ1) is 14.9. The maximum Gasteiger partial charge on any atom is 0.356 e. The number of carbonyl (C=O) groups excluding carboxylic acids is 1. The smallest absolute Gasteiger partial charge is 0.356 e. The molecule has 0 fully saturated rings. The minimum absolute atomic E-state index is 0.00232. The van der Waals surface area contributed by atoms with Gasteiger partial charge in [0.05, 0.1) is 18.4 Å². The van der Waals surface area contributed by atoms with Crippen molar-refractivity contribution in [1.29, 1.82) is 0 Å². The van der Waals surface area contributed by atoms with Gasteiger partial charge in [0.2, 0.25) is 5.91 Å². The van der Waals surface area contributed by atoms with Crippen LogP contribution in [0.15, 0.2) is 6.20 Å². The molecule has 0 aliphatic carbocycles. The summed E-state index contributed by atoms with van der Waals surface area (Å²) in [4.78, 5) is 32.1. The number of rotatable bonds is 5. The second-order valence-corrected chi connectivity index (χ2v) is 4.59. The third-order valence-corrected chi connectivity index (χ3v) is 2.46. The van der Waals surface area contributed by atoms with E-state index < -0.39 is 5.97 Å². The van der Waals surface area contributed by atoms with Gasteiger partial charge in [-0.15, -0.1) is 0 Å². The van der Waals surface area contributed by atoms with Crippen LogP contribution in [0.25, 0.3) is 0 Å². The molecule has 2 N–H and O–H groups in total. The first-order valence-corrected chi connectivity index (χ1v) is 5.87. The maximum absolute atomic E-state index is 11.4. The zero-order valence-electron chi connectivity index (χ0n) is 11.5. The molecule has 0 unspecified atom stereocenters. The Bertz CT molecular complexity index is 486. The standard InChI is InChI=1S/C12H18N4O3/c1-7(2)11-14-5-8(10(15-11)12(18)19)13-6-9(17)16(3)4/h5,7,13H,6H2,1-4H3,(H,18,19). The van der Waals surface area contributed by atoms with Crippen LogP contribution in [-0.2, 0) is 4.79 Å². The van der Waals surface area contributed by atoms with Gasteiger partial charge in [-0.1, -0.05) is 13.8 Å². The van der Waals surface area contributed by atoms with Crippen molar-refractivity contribution >= 4 is 17.6 Å². The van der Waals surface area contributed by atoms with Crippen molar-refractivity contribution < 1.29 is 14.7 Å². The Morgan fingerprint density at radius 2 is 2.05 bits per heavy atom. The van der Waals surface area contributed by atoms with Crippen molar-refractivity contribution in [2.75, 3.05) is 26.0 Å². The number of anilines is 1. The summed E-state index contributed by atoms with van der Waals surface area (Å²) < 4.78 is 0. The topological polar surface area (TPSA) is 95.4 Å². The Morgan fingerprint density at radius 1 is 1.42 bits per heavy atom. The number of likely N-dealkylation sites (N-methyl/N-ethyl adjacent to an activating group) is 1. The zero-order valence-corrected chi connectivity index (χ0v) is 11.5. The van der Waals surface area contributed by atoms with Crippen LogP contribution >= 0.6 is 0 Å². The molecule has 0 saturated heterocycles. The molecule has 19 heavy (non-hydrogen) atoms. The number of aromatic nitrogens is 2. The molecule has 7 heteroatoms. The van der Waals surface area contributed by atoms with Crippen molar-refractivity contribution in [1.82, 2.24) is 14.9 Å². The molecule has 0 bridgehead atoms. The molecule has 1 heterocycles. The fraction of sp³-hybridized carbons (Fsp3) is 0.500. The molecule has 0 saturated carbocycles. The van der Waals surface area contributed by atoms with E-state index in [0.29, 0.717) is 5.82 Å². The molecule has 7 nitrogen and oxygen atoms in total. The summed E-state index contributed by atoms with van der Waals surface area (Å²) in [6.07, 6.45) is 1.40. The number of amides is 1. The fourth-order valence-corrected chi connectivity index (χ4v) is 1.29. The number of aromatic carboxylic acids is 1. The zero-order chi connectivity index (χ0) is 14.6. The van der Waals surface area contributed by atoms with E-state index in [-0.39, 0.29) is 29.8 Å². The van der Waals surface area contributed by atoms with Crippen LogP contribution in [0, 0.1) is 0 Å². The molecule has 1 amide bonds. The summed E-state index contributed by atoms with van der Waals surface area (Å²) in [5.41, 5.74) is 0.123. The molecule has 0 aromatic carbocycles. The molecule has 1 rings (SSSR count). The maximum atomic E-state index is 11.4. The van der Waals surface area contributed by atoms with Gasteiger partial charge in [0, 0.05) is 20.0 Å². The largest absolute Gasteiger partial charge is 0.476 e. The summed E-state index contributed by atoms with van der Waals surface area (Å²) in [6, 6.07) is 0. The van der Waals surface area contributed by atoms with Gasteiger partial charge in [-0.3, -0.25) is 4.79 Å². The average molecular weight is 266 g/mol. The Morgan fingerprint density at radius 3 is 2.53 bits per heavy atom. The molecule has 0 radical (unpaired) electrons. The third kappa shape index (κ3) is 3.90. The van der Waals surface area contributed by atoms with Gasteiger partial charge in [-0.25, -0.2) is 14.8 Å². The van der Waals surface area contributed by atoms with Crippen LogP contribution in [0.5, 0.6) is 0 Å². The summed E-state index contributed by atoms with van der Waals surface area (Å²) in [6.45, 7) is 3.75. The Balaban J connectivity index is 2.94. The predicted molar refractivity (Wildman–Crippen MR) is 70.3 cm³/mol. The van der Waals surface area contributed by atoms with Crippen LogP contribution in [0.3, 0.4) is 0 Å². The predicted octanol–water partition coefficient (Wildman–Crippen LogP) is 0.798. The van der Waals surface area contributed by atoms with Crippen LogP contribution in [-0.4, -0.2) is 52.5 Å². The number of hydrogen-bond donors (Lipinski definition) is 2. The van der Waals surface area contributed by atoms with Gasteiger partial charge < -0.3 is 15.3 Å². The van der Waals surface area contributed by atoms with E-state index in [1.54, 1.807) is 14.1 Å². The van der Waals surface area contributed by atoms with Crippen LogP contribution in [0.4, 0.5) is 5.69 Å². The Kier molecular flexibility index (Phi) is 4.80. The molecule has 104 valence electrons. The number of carboxylic acids is 1. The van der Waals surface area contributed by atoms with Crippen molar-refractivity contribution in [3.63, 3.8) is 0 Å². The summed E-state index contributed by atoms with van der Waals surface area (Å²) in [5.74, 6) is -0.814. The second-order valence-electron chi connectivity index (χ2n) is 4.59. The highest BCUT2D eigenvalue weighted by atomic mass is 16.4. The lowest BCUT2D eigenvalue weighted by Crippen LogP contribution is -2.29. The van der Waals surface area contributed by atoms with Crippen LogP contribution in [0.2, 0.25) is 0 Å². The van der Waals surface area contributed by atoms with Gasteiger partial charge in [0.1, 0.15) is 5.82 Å². The van der Waals surface area contributed by atoms with E-state index in [9.17, 15) is 9.59 Å². The number of carbonyl (C=O) groups is 2. The van der Waals surface area contributed by atoms with Crippen LogP contribution in [0.1, 0.15) is 36.1 Å². The number of hydrogen-bond acceptors (Lipinski definition) is 5. The van der Waals surface area contributed by atoms with Crippen molar-refractivity contribution in [2.45, 2.75) is 19.8 Å². The van der Waals surface area contributed by atoms with Crippen LogP contribution < -0.4 is 5.32 Å². The van der Waals surface area contributed by atoms with E-state index in [4.69, 9.17) is 5.11 Å². The van der Waals surface area contributed by atoms with E-state index in [1.165, 1.54) is 11.1 Å². The molecular formula is C12H18N4O3. The SMILES string of the molecule is CC(C)c1ncc(NCC(=O)N(C)C)c(C(=O)O)n1. The highest BCUT2D eigenvalue weighted by Gasteiger charge is 2.16. The number of nitrogens with one attached hydrogen (secondary N) is 1. The highest BCUT2D eigenvalue weighted by molar-refractivity contribution is 5.92. The molecule has 0 atom stereocenters. The van der Waals surface area contributed by atoms with Gasteiger partial charge in [0.15, 0.2) is 5.69 Å². The van der Waals surface area contributed by atoms with E-state index in [2.05, 4.69) is 15.3 Å². The van der Waals surface area contributed by atoms with E-state index in [1.807, 2.05) is 13.8 Å². The quantitative estimate of drug-likeness (QED) is 0.818. The lowest BCUT2D eigenvalue weighted by Gasteiger charge is -2.13. The van der Waals surface area contributed by atoms with Crippen molar-refractivity contribution in [3.05, 3.63) is 17.7 Å². The van der Waals surface area contributed by atoms with Gasteiger partial charge in [0.25, 0.3) is 0 Å². The first-order chi connectivity index (χ1) is 8.82. The lowest BCUT2D eigenvalue weighted by molar-refractivity contribution is -0.126. The monoisotopic (exact) mass is 266 g/mol. The highest BCUT2D eigenvalue weighted by Crippen LogP contribution is 2.16. The second kappa shape index (κ2) is 6.12. The first-order valence-electron chi connectivity index (χ1n) is 5.87. The summed E-state index contributed by atoms with van der Waals surface area (Å²) in [7, 11) is 3.25. The lowest BCUT2D eigenvalue weighted by atomic mass is 10.2. The van der Waals surface area contributed by atoms with Gasteiger partial charge >= 0.3 is 5.97 Å². The summed E-state index contributed by atoms with van der Waals surface area (Å²) in [5, 5.41) is 11.9. The molecule has 1 aromatic heterocycles. The Labute approximate surface area is 111 Å². The third-order valence-electron chi connectivity index (χ3n) is 2.46. The number of carboxylic acid groups (broad SMARTS) is 1. The Hall–Kier alpha value is -2.18. The normalized spacial score (nSPS) is 10.4.